The first-order valence-electron chi connectivity index (χ1n) is 13.3. The summed E-state index contributed by atoms with van der Waals surface area (Å²) in [6, 6.07) is 0. The molecule has 3 fully saturated rings. The number of H-pyrrole nitrogens is 1. The number of carbonyl (C=O) groups excluding carboxylic acids is 2. The Hall–Kier alpha value is -2.51. The molecule has 4 rings (SSSR count). The fraction of sp³-hybridized carbons (Fsp3) is 0.679. The number of likely N-dealkylation sites (tertiary alicyclic amines) is 1. The highest BCUT2D eigenvalue weighted by molar-refractivity contribution is 6.05. The topological polar surface area (TPSA) is 77.6 Å². The van der Waals surface area contributed by atoms with Gasteiger partial charge in [-0.3, -0.25) is 14.6 Å². The first kappa shape index (κ1) is 28.1. The SMILES string of the molecule is CC(C)C.Cc1[nH]cc(C(=O)NCC(=O)N2CCC(F)(F)CC2)c1N=C(/C=C1\CC(C)C1C)C1CC1. The molecule has 2 aliphatic carbocycles. The first-order valence-corrected chi connectivity index (χ1v) is 13.3. The number of hydrogen-bond acceptors (Lipinski definition) is 3. The summed E-state index contributed by atoms with van der Waals surface area (Å²) in [6.45, 7) is 12.7. The molecular formula is C28H42F2N4O2. The molecule has 1 aromatic heterocycles. The Labute approximate surface area is 214 Å². The van der Waals surface area contributed by atoms with Crippen LogP contribution in [0.3, 0.4) is 0 Å². The molecular weight excluding hydrogens is 462 g/mol. The summed E-state index contributed by atoms with van der Waals surface area (Å²) in [5, 5.41) is 2.64. The number of aryl methyl sites for hydroxylation is 1. The van der Waals surface area contributed by atoms with E-state index in [9.17, 15) is 18.4 Å². The van der Waals surface area contributed by atoms with Crippen molar-refractivity contribution < 1.29 is 18.4 Å². The summed E-state index contributed by atoms with van der Waals surface area (Å²) in [5.74, 6) is -0.913. The molecule has 0 spiro atoms. The van der Waals surface area contributed by atoms with Gasteiger partial charge in [0.1, 0.15) is 0 Å². The number of piperidine rings is 1. The lowest BCUT2D eigenvalue weighted by Crippen LogP contribution is -2.46. The van der Waals surface area contributed by atoms with Crippen LogP contribution < -0.4 is 5.32 Å². The van der Waals surface area contributed by atoms with Gasteiger partial charge in [-0.25, -0.2) is 8.78 Å². The minimum absolute atomic E-state index is 0.0109. The normalized spacial score (nSPS) is 24.8. The highest BCUT2D eigenvalue weighted by Crippen LogP contribution is 2.41. The van der Waals surface area contributed by atoms with Gasteiger partial charge in [-0.05, 0) is 50.0 Å². The number of rotatable bonds is 6. The lowest BCUT2D eigenvalue weighted by Gasteiger charge is -2.34. The van der Waals surface area contributed by atoms with Crippen LogP contribution in [0.1, 0.15) is 82.8 Å². The summed E-state index contributed by atoms with van der Waals surface area (Å²) in [4.78, 5) is 34.5. The van der Waals surface area contributed by atoms with E-state index in [2.05, 4.69) is 51.0 Å². The molecule has 1 saturated heterocycles. The average molecular weight is 505 g/mol. The highest BCUT2D eigenvalue weighted by Gasteiger charge is 2.36. The molecule has 2 heterocycles. The van der Waals surface area contributed by atoms with Gasteiger partial charge >= 0.3 is 0 Å². The van der Waals surface area contributed by atoms with E-state index in [1.54, 1.807) is 6.20 Å². The van der Waals surface area contributed by atoms with Crippen molar-refractivity contribution in [2.24, 2.45) is 28.7 Å². The third-order valence-electron chi connectivity index (χ3n) is 7.10. The second kappa shape index (κ2) is 11.7. The molecule has 0 radical (unpaired) electrons. The zero-order valence-corrected chi connectivity index (χ0v) is 22.6. The van der Waals surface area contributed by atoms with Crippen molar-refractivity contribution in [1.82, 2.24) is 15.2 Å². The van der Waals surface area contributed by atoms with E-state index >= 15 is 0 Å². The molecule has 8 heteroatoms. The lowest BCUT2D eigenvalue weighted by molar-refractivity contribution is -0.136. The molecule has 0 bridgehead atoms. The Bertz CT molecular complexity index is 994. The number of halogens is 2. The quantitative estimate of drug-likeness (QED) is 0.462. The van der Waals surface area contributed by atoms with Crippen LogP contribution in [-0.4, -0.2) is 53.0 Å². The predicted molar refractivity (Wildman–Crippen MR) is 140 cm³/mol. The van der Waals surface area contributed by atoms with Crippen molar-refractivity contribution in [2.45, 2.75) is 79.6 Å². The molecule has 2 unspecified atom stereocenters. The van der Waals surface area contributed by atoms with Crippen molar-refractivity contribution in [3.63, 3.8) is 0 Å². The standard InChI is InChI=1S/C24H32F2N4O2.C4H10/c1-14-10-18(15(14)2)11-20(17-4-5-17)29-22-16(3)27-12-19(22)23(32)28-13-21(31)30-8-6-24(25,26)7-9-30;1-4(2)3/h11-12,14-15,17,27H,4-10,13H2,1-3H3,(H,28,32);4H,1-3H3/b18-11+,29-20?;. The number of carbonyl (C=O) groups is 2. The number of nitrogens with zero attached hydrogens (tertiary/aromatic N) is 2. The largest absolute Gasteiger partial charge is 0.363 e. The zero-order chi connectivity index (χ0) is 26.6. The molecule has 1 aliphatic heterocycles. The van der Waals surface area contributed by atoms with E-state index < -0.39 is 11.8 Å². The lowest BCUT2D eigenvalue weighted by atomic mass is 9.71. The maximum Gasteiger partial charge on any atom is 0.255 e. The van der Waals surface area contributed by atoms with Crippen LogP contribution in [0.15, 0.2) is 22.8 Å². The molecule has 1 aromatic rings. The van der Waals surface area contributed by atoms with Gasteiger partial charge in [-0.2, -0.15) is 0 Å². The molecule has 6 nitrogen and oxygen atoms in total. The first-order chi connectivity index (χ1) is 16.9. The number of nitrogens with one attached hydrogen (secondary N) is 2. The van der Waals surface area contributed by atoms with Gasteiger partial charge in [-0.15, -0.1) is 0 Å². The zero-order valence-electron chi connectivity index (χ0n) is 22.6. The van der Waals surface area contributed by atoms with Crippen LogP contribution in [0.25, 0.3) is 0 Å². The maximum absolute atomic E-state index is 13.3. The second-order valence-electron chi connectivity index (χ2n) is 11.3. The number of hydrogen-bond donors (Lipinski definition) is 2. The van der Waals surface area contributed by atoms with Gasteiger partial charge in [0.15, 0.2) is 0 Å². The summed E-state index contributed by atoms with van der Waals surface area (Å²) < 4.78 is 26.6. The van der Waals surface area contributed by atoms with Crippen molar-refractivity contribution >= 4 is 23.2 Å². The van der Waals surface area contributed by atoms with Gasteiger partial charge < -0.3 is 15.2 Å². The van der Waals surface area contributed by atoms with Crippen LogP contribution in [0.2, 0.25) is 0 Å². The minimum atomic E-state index is -2.71. The number of alkyl halides is 2. The minimum Gasteiger partial charge on any atom is -0.363 e. The third-order valence-corrected chi connectivity index (χ3v) is 7.10. The number of aliphatic imine (C=N–C) groups is 1. The molecule has 2 N–H and O–H groups in total. The number of allylic oxidation sites excluding steroid dienone is 2. The molecule has 3 aliphatic rings. The summed E-state index contributed by atoms with van der Waals surface area (Å²) >= 11 is 0. The smallest absolute Gasteiger partial charge is 0.255 e. The third kappa shape index (κ3) is 7.50. The van der Waals surface area contributed by atoms with Crippen LogP contribution >= 0.6 is 0 Å². The molecule has 2 saturated carbocycles. The van der Waals surface area contributed by atoms with E-state index in [1.165, 1.54) is 10.5 Å². The van der Waals surface area contributed by atoms with Crippen molar-refractivity contribution in [3.05, 3.63) is 29.1 Å². The van der Waals surface area contributed by atoms with Gasteiger partial charge in [0, 0.05) is 49.5 Å². The van der Waals surface area contributed by atoms with Crippen LogP contribution in [0, 0.1) is 30.6 Å². The maximum atomic E-state index is 13.3. The number of aromatic nitrogens is 1. The van der Waals surface area contributed by atoms with E-state index in [0.29, 0.717) is 29.0 Å². The Morgan fingerprint density at radius 2 is 1.83 bits per heavy atom. The van der Waals surface area contributed by atoms with E-state index in [4.69, 9.17) is 4.99 Å². The van der Waals surface area contributed by atoms with Crippen LogP contribution in [-0.2, 0) is 4.79 Å². The van der Waals surface area contributed by atoms with Gasteiger partial charge in [0.25, 0.3) is 11.8 Å². The predicted octanol–water partition coefficient (Wildman–Crippen LogP) is 6.06. The number of amides is 2. The molecule has 200 valence electrons. The van der Waals surface area contributed by atoms with E-state index in [1.807, 2.05) is 6.92 Å². The fourth-order valence-corrected chi connectivity index (χ4v) is 4.35. The van der Waals surface area contributed by atoms with Gasteiger partial charge in [-0.1, -0.05) is 40.2 Å². The van der Waals surface area contributed by atoms with Gasteiger partial charge in [0.2, 0.25) is 5.91 Å². The molecule has 36 heavy (non-hydrogen) atoms. The summed E-state index contributed by atoms with van der Waals surface area (Å²) in [6.07, 6.45) is 6.48. The van der Waals surface area contributed by atoms with E-state index in [0.717, 1.165) is 36.6 Å². The van der Waals surface area contributed by atoms with E-state index in [-0.39, 0.29) is 38.4 Å². The summed E-state index contributed by atoms with van der Waals surface area (Å²) in [7, 11) is 0. The van der Waals surface area contributed by atoms with Crippen molar-refractivity contribution in [2.75, 3.05) is 19.6 Å². The van der Waals surface area contributed by atoms with Crippen LogP contribution in [0.4, 0.5) is 14.5 Å². The molecule has 0 aromatic carbocycles. The summed E-state index contributed by atoms with van der Waals surface area (Å²) in [5.41, 5.74) is 4.24. The number of aromatic amines is 1. The Balaban J connectivity index is 0.000000840. The Morgan fingerprint density at radius 3 is 2.36 bits per heavy atom. The Kier molecular flexibility index (Phi) is 9.12. The van der Waals surface area contributed by atoms with Crippen molar-refractivity contribution in [1.29, 1.82) is 0 Å². The second-order valence-corrected chi connectivity index (χ2v) is 11.3. The van der Waals surface area contributed by atoms with Gasteiger partial charge in [0.05, 0.1) is 17.8 Å². The average Bonchev–Trinajstić information content (AvgIpc) is 3.59. The van der Waals surface area contributed by atoms with Crippen molar-refractivity contribution in [3.8, 4) is 0 Å². The molecule has 2 atom stereocenters. The fourth-order valence-electron chi connectivity index (χ4n) is 4.35. The van der Waals surface area contributed by atoms with Crippen LogP contribution in [0.5, 0.6) is 0 Å². The monoisotopic (exact) mass is 504 g/mol. The Morgan fingerprint density at radius 1 is 1.22 bits per heavy atom. The molecule has 2 amide bonds. The highest BCUT2D eigenvalue weighted by atomic mass is 19.3.